The van der Waals surface area contributed by atoms with Crippen molar-refractivity contribution in [3.05, 3.63) is 23.9 Å². The molecule has 1 saturated heterocycles. The zero-order valence-corrected chi connectivity index (χ0v) is 9.17. The van der Waals surface area contributed by atoms with Crippen molar-refractivity contribution in [3.63, 3.8) is 0 Å². The van der Waals surface area contributed by atoms with Crippen LogP contribution in [-0.4, -0.2) is 34.6 Å². The van der Waals surface area contributed by atoms with E-state index in [4.69, 9.17) is 10.8 Å². The standard InChI is InChI=1S/C11H13N3O3/c12-10(15)8-2-1-5-14(8)9-6-7(11(16)17)3-4-13-9/h3-4,6,8H,1-2,5H2,(H2,12,15)(H,16,17). The third-order valence-electron chi connectivity index (χ3n) is 2.87. The third-order valence-corrected chi connectivity index (χ3v) is 2.87. The number of primary amides is 1. The predicted octanol–water partition coefficient (Wildman–Crippen LogP) is 0.234. The largest absolute Gasteiger partial charge is 0.478 e. The van der Waals surface area contributed by atoms with E-state index in [9.17, 15) is 9.59 Å². The van der Waals surface area contributed by atoms with E-state index < -0.39 is 11.9 Å². The highest BCUT2D eigenvalue weighted by atomic mass is 16.4. The van der Waals surface area contributed by atoms with E-state index in [-0.39, 0.29) is 11.6 Å². The fourth-order valence-corrected chi connectivity index (χ4v) is 2.05. The molecule has 17 heavy (non-hydrogen) atoms. The fourth-order valence-electron chi connectivity index (χ4n) is 2.05. The van der Waals surface area contributed by atoms with Crippen LogP contribution in [0, 0.1) is 0 Å². The number of hydrogen-bond donors (Lipinski definition) is 2. The predicted molar refractivity (Wildman–Crippen MR) is 60.8 cm³/mol. The Morgan fingerprint density at radius 2 is 2.29 bits per heavy atom. The lowest BCUT2D eigenvalue weighted by molar-refractivity contribution is -0.119. The Kier molecular flexibility index (Phi) is 2.95. The average molecular weight is 235 g/mol. The molecule has 0 radical (unpaired) electrons. The first-order valence-electron chi connectivity index (χ1n) is 5.35. The van der Waals surface area contributed by atoms with Crippen LogP contribution in [0.25, 0.3) is 0 Å². The van der Waals surface area contributed by atoms with Crippen molar-refractivity contribution in [1.82, 2.24) is 4.98 Å². The van der Waals surface area contributed by atoms with E-state index in [0.717, 1.165) is 6.42 Å². The molecular weight excluding hydrogens is 222 g/mol. The van der Waals surface area contributed by atoms with Crippen molar-refractivity contribution in [3.8, 4) is 0 Å². The fraction of sp³-hybridized carbons (Fsp3) is 0.364. The van der Waals surface area contributed by atoms with Crippen molar-refractivity contribution in [2.75, 3.05) is 11.4 Å². The Balaban J connectivity index is 2.30. The molecule has 1 aromatic heterocycles. The van der Waals surface area contributed by atoms with Gasteiger partial charge in [0.2, 0.25) is 5.91 Å². The van der Waals surface area contributed by atoms with E-state index >= 15 is 0 Å². The van der Waals surface area contributed by atoms with Gasteiger partial charge >= 0.3 is 5.97 Å². The topological polar surface area (TPSA) is 96.5 Å². The summed E-state index contributed by atoms with van der Waals surface area (Å²) in [5, 5.41) is 8.89. The smallest absolute Gasteiger partial charge is 0.335 e. The lowest BCUT2D eigenvalue weighted by Gasteiger charge is -2.23. The van der Waals surface area contributed by atoms with Gasteiger partial charge in [0.15, 0.2) is 0 Å². The molecule has 6 heteroatoms. The van der Waals surface area contributed by atoms with Gasteiger partial charge in [-0.1, -0.05) is 0 Å². The molecule has 1 unspecified atom stereocenters. The molecule has 0 bridgehead atoms. The second kappa shape index (κ2) is 4.40. The number of nitrogens with two attached hydrogens (primary N) is 1. The van der Waals surface area contributed by atoms with Crippen LogP contribution in [0.15, 0.2) is 18.3 Å². The molecule has 0 spiro atoms. The van der Waals surface area contributed by atoms with Crippen molar-refractivity contribution < 1.29 is 14.7 Å². The maximum Gasteiger partial charge on any atom is 0.335 e. The number of hydrogen-bond acceptors (Lipinski definition) is 4. The van der Waals surface area contributed by atoms with Gasteiger partial charge in [-0.15, -0.1) is 0 Å². The number of carbonyl (C=O) groups is 2. The molecule has 1 fully saturated rings. The van der Waals surface area contributed by atoms with Crippen LogP contribution < -0.4 is 10.6 Å². The summed E-state index contributed by atoms with van der Waals surface area (Å²) >= 11 is 0. The lowest BCUT2D eigenvalue weighted by atomic mass is 10.2. The van der Waals surface area contributed by atoms with Crippen molar-refractivity contribution in [2.45, 2.75) is 18.9 Å². The van der Waals surface area contributed by atoms with E-state index in [1.165, 1.54) is 18.3 Å². The summed E-state index contributed by atoms with van der Waals surface area (Å²) in [4.78, 5) is 27.9. The third kappa shape index (κ3) is 2.20. The van der Waals surface area contributed by atoms with Crippen molar-refractivity contribution in [1.29, 1.82) is 0 Å². The highest BCUT2D eigenvalue weighted by Gasteiger charge is 2.30. The number of carbonyl (C=O) groups excluding carboxylic acids is 1. The Labute approximate surface area is 98.1 Å². The summed E-state index contributed by atoms with van der Waals surface area (Å²) in [7, 11) is 0. The quantitative estimate of drug-likeness (QED) is 0.781. The van der Waals surface area contributed by atoms with E-state index in [1.54, 1.807) is 4.90 Å². The monoisotopic (exact) mass is 235 g/mol. The van der Waals surface area contributed by atoms with Crippen LogP contribution in [0.2, 0.25) is 0 Å². The molecule has 1 atom stereocenters. The zero-order chi connectivity index (χ0) is 12.4. The number of pyridine rings is 1. The number of anilines is 1. The van der Waals surface area contributed by atoms with Gasteiger partial charge in [0, 0.05) is 12.7 Å². The van der Waals surface area contributed by atoms with Crippen LogP contribution in [0.4, 0.5) is 5.82 Å². The van der Waals surface area contributed by atoms with Crippen LogP contribution in [0.1, 0.15) is 23.2 Å². The summed E-state index contributed by atoms with van der Waals surface area (Å²) in [5.74, 6) is -0.917. The minimum atomic E-state index is -1.01. The number of nitrogens with zero attached hydrogens (tertiary/aromatic N) is 2. The van der Waals surface area contributed by atoms with Gasteiger partial charge in [-0.3, -0.25) is 4.79 Å². The molecule has 3 N–H and O–H groups in total. The van der Waals surface area contributed by atoms with Gasteiger partial charge in [-0.05, 0) is 25.0 Å². The summed E-state index contributed by atoms with van der Waals surface area (Å²) in [6.07, 6.45) is 2.97. The summed E-state index contributed by atoms with van der Waals surface area (Å²) in [6, 6.07) is 2.50. The number of carboxylic acids is 1. The van der Waals surface area contributed by atoms with E-state index in [2.05, 4.69) is 4.98 Å². The van der Waals surface area contributed by atoms with Gasteiger partial charge < -0.3 is 15.7 Å². The maximum absolute atomic E-state index is 11.2. The molecule has 0 aliphatic carbocycles. The molecule has 2 heterocycles. The van der Waals surface area contributed by atoms with Crippen LogP contribution in [0.3, 0.4) is 0 Å². The van der Waals surface area contributed by atoms with Crippen LogP contribution in [-0.2, 0) is 4.79 Å². The highest BCUT2D eigenvalue weighted by Crippen LogP contribution is 2.24. The van der Waals surface area contributed by atoms with Crippen molar-refractivity contribution in [2.24, 2.45) is 5.73 Å². The molecule has 0 saturated carbocycles. The molecule has 1 amide bonds. The van der Waals surface area contributed by atoms with Crippen molar-refractivity contribution >= 4 is 17.7 Å². The Morgan fingerprint density at radius 3 is 2.94 bits per heavy atom. The van der Waals surface area contributed by atoms with Gasteiger partial charge in [0.1, 0.15) is 11.9 Å². The molecule has 0 aromatic carbocycles. The van der Waals surface area contributed by atoms with Gasteiger partial charge in [-0.2, -0.15) is 0 Å². The van der Waals surface area contributed by atoms with E-state index in [1.807, 2.05) is 0 Å². The molecular formula is C11H13N3O3. The maximum atomic E-state index is 11.2. The molecule has 1 aliphatic rings. The SMILES string of the molecule is NC(=O)C1CCCN1c1cc(C(=O)O)ccn1. The van der Waals surface area contributed by atoms with Gasteiger partial charge in [0.25, 0.3) is 0 Å². The first-order chi connectivity index (χ1) is 8.09. The molecule has 90 valence electrons. The van der Waals surface area contributed by atoms with Gasteiger partial charge in [0.05, 0.1) is 5.56 Å². The van der Waals surface area contributed by atoms with Gasteiger partial charge in [-0.25, -0.2) is 9.78 Å². The Morgan fingerprint density at radius 1 is 1.53 bits per heavy atom. The van der Waals surface area contributed by atoms with Crippen LogP contribution in [0.5, 0.6) is 0 Å². The molecule has 2 rings (SSSR count). The van der Waals surface area contributed by atoms with E-state index in [0.29, 0.717) is 18.8 Å². The Bertz CT molecular complexity index is 461. The second-order valence-electron chi connectivity index (χ2n) is 3.96. The summed E-state index contributed by atoms with van der Waals surface area (Å²) < 4.78 is 0. The molecule has 6 nitrogen and oxygen atoms in total. The number of carboxylic acid groups (broad SMARTS) is 1. The Hall–Kier alpha value is -2.11. The first-order valence-corrected chi connectivity index (χ1v) is 5.35. The lowest BCUT2D eigenvalue weighted by Crippen LogP contribution is -2.40. The number of aromatic nitrogens is 1. The molecule has 1 aliphatic heterocycles. The molecule has 1 aromatic rings. The summed E-state index contributed by atoms with van der Waals surface area (Å²) in [5.41, 5.74) is 5.46. The minimum Gasteiger partial charge on any atom is -0.478 e. The number of aromatic carboxylic acids is 1. The second-order valence-corrected chi connectivity index (χ2v) is 3.96. The van der Waals surface area contributed by atoms with Crippen LogP contribution >= 0.6 is 0 Å². The highest BCUT2D eigenvalue weighted by molar-refractivity contribution is 5.89. The summed E-state index contributed by atoms with van der Waals surface area (Å²) in [6.45, 7) is 0.670. The normalized spacial score (nSPS) is 19.3. The minimum absolute atomic E-state index is 0.158. The number of rotatable bonds is 3. The number of amides is 1. The first kappa shape index (κ1) is 11.4. The average Bonchev–Trinajstić information content (AvgIpc) is 2.78. The zero-order valence-electron chi connectivity index (χ0n) is 9.17.